The number of ether oxygens (including phenoxy) is 1. The predicted octanol–water partition coefficient (Wildman–Crippen LogP) is 5.12. The Morgan fingerprint density at radius 2 is 2.00 bits per heavy atom. The van der Waals surface area contributed by atoms with Crippen LogP contribution in [0.15, 0.2) is 36.5 Å². The molecule has 0 saturated heterocycles. The van der Waals surface area contributed by atoms with E-state index in [0.717, 1.165) is 41.8 Å². The smallest absolute Gasteiger partial charge is 0.341 e. The zero-order valence-electron chi connectivity index (χ0n) is 16.4. The topological polar surface area (TPSA) is 68.2 Å². The highest BCUT2D eigenvalue weighted by atomic mass is 35.5. The maximum absolute atomic E-state index is 12.4. The summed E-state index contributed by atoms with van der Waals surface area (Å²) in [5.41, 5.74) is 2.80. The van der Waals surface area contributed by atoms with E-state index < -0.39 is 0 Å². The van der Waals surface area contributed by atoms with Crippen LogP contribution < -0.4 is 10.6 Å². The van der Waals surface area contributed by atoms with Gasteiger partial charge >= 0.3 is 5.97 Å². The Kier molecular flexibility index (Phi) is 6.36. The summed E-state index contributed by atoms with van der Waals surface area (Å²) in [4.78, 5) is 13.6. The van der Waals surface area contributed by atoms with Crippen LogP contribution in [0.1, 0.15) is 39.2 Å². The quantitative estimate of drug-likeness (QED) is 0.407. The molecule has 1 aliphatic rings. The van der Waals surface area contributed by atoms with E-state index in [2.05, 4.69) is 15.7 Å². The molecule has 6 nitrogen and oxygen atoms in total. The minimum Gasteiger partial charge on any atom is -0.465 e. The molecule has 156 valence electrons. The third-order valence-electron chi connectivity index (χ3n) is 4.93. The lowest BCUT2D eigenvalue weighted by Gasteiger charge is -2.12. The average molecular weight is 461 g/mol. The monoisotopic (exact) mass is 460 g/mol. The lowest BCUT2D eigenvalue weighted by molar-refractivity contribution is 0.0601. The molecule has 0 amide bonds. The highest BCUT2D eigenvalue weighted by Gasteiger charge is 2.26. The second-order valence-electron chi connectivity index (χ2n) is 7.01. The molecule has 0 radical (unpaired) electrons. The Hall–Kier alpha value is -2.42. The number of halogens is 1. The lowest BCUT2D eigenvalue weighted by atomic mass is 9.95. The first-order chi connectivity index (χ1) is 14.5. The van der Waals surface area contributed by atoms with Crippen molar-refractivity contribution in [1.29, 1.82) is 0 Å². The van der Waals surface area contributed by atoms with Gasteiger partial charge < -0.3 is 15.4 Å². The fourth-order valence-corrected chi connectivity index (χ4v) is 5.19. The van der Waals surface area contributed by atoms with Crippen LogP contribution in [0, 0.1) is 0 Å². The van der Waals surface area contributed by atoms with E-state index in [0.29, 0.717) is 28.1 Å². The minimum absolute atomic E-state index is 0.327. The molecule has 0 fully saturated rings. The normalized spacial score (nSPS) is 12.9. The number of nitrogens with zero attached hydrogens (tertiary/aromatic N) is 2. The maximum Gasteiger partial charge on any atom is 0.341 e. The number of methoxy groups -OCH3 is 1. The van der Waals surface area contributed by atoms with E-state index in [1.165, 1.54) is 12.0 Å². The Morgan fingerprint density at radius 3 is 2.77 bits per heavy atom. The summed E-state index contributed by atoms with van der Waals surface area (Å²) in [6.45, 7) is 0.628. The number of thiocarbonyl (C=S) groups is 1. The number of fused-ring (bicyclic) bond motifs is 1. The third kappa shape index (κ3) is 4.66. The van der Waals surface area contributed by atoms with Crippen LogP contribution in [0.5, 0.6) is 0 Å². The Labute approximate surface area is 189 Å². The van der Waals surface area contributed by atoms with Gasteiger partial charge in [0.2, 0.25) is 0 Å². The van der Waals surface area contributed by atoms with Crippen molar-refractivity contribution in [3.05, 3.63) is 63.1 Å². The lowest BCUT2D eigenvalue weighted by Crippen LogP contribution is -2.20. The number of carbonyl (C=O) groups is 1. The van der Waals surface area contributed by atoms with Gasteiger partial charge in [0.05, 0.1) is 19.2 Å². The zero-order valence-corrected chi connectivity index (χ0v) is 18.8. The molecule has 0 aliphatic heterocycles. The number of aromatic nitrogens is 2. The van der Waals surface area contributed by atoms with E-state index >= 15 is 0 Å². The van der Waals surface area contributed by atoms with Gasteiger partial charge in [-0.05, 0) is 61.2 Å². The summed E-state index contributed by atoms with van der Waals surface area (Å²) in [6.07, 6.45) is 5.99. The van der Waals surface area contributed by atoms with Crippen LogP contribution in [0.25, 0.3) is 0 Å². The van der Waals surface area contributed by atoms with E-state index in [9.17, 15) is 4.79 Å². The summed E-state index contributed by atoms with van der Waals surface area (Å²) in [6, 6.07) is 9.51. The molecule has 1 aliphatic carbocycles. The van der Waals surface area contributed by atoms with Gasteiger partial charge in [-0.2, -0.15) is 5.10 Å². The molecule has 2 N–H and O–H groups in total. The van der Waals surface area contributed by atoms with Gasteiger partial charge in [-0.25, -0.2) is 4.79 Å². The van der Waals surface area contributed by atoms with Crippen LogP contribution in [0.3, 0.4) is 0 Å². The number of thiophene rings is 1. The fourth-order valence-electron chi connectivity index (χ4n) is 3.52. The van der Waals surface area contributed by atoms with Crippen LogP contribution in [0.4, 0.5) is 10.8 Å². The number of nitrogens with one attached hydrogen (secondary N) is 2. The number of aryl methyl sites for hydroxylation is 1. The first-order valence-corrected chi connectivity index (χ1v) is 11.2. The van der Waals surface area contributed by atoms with Crippen molar-refractivity contribution in [1.82, 2.24) is 9.78 Å². The summed E-state index contributed by atoms with van der Waals surface area (Å²) in [7, 11) is 1.41. The molecule has 0 unspecified atom stereocenters. The van der Waals surface area contributed by atoms with Crippen molar-refractivity contribution in [3.63, 3.8) is 0 Å². The molecule has 0 spiro atoms. The number of esters is 1. The predicted molar refractivity (Wildman–Crippen MR) is 125 cm³/mol. The van der Waals surface area contributed by atoms with Crippen molar-refractivity contribution in [3.8, 4) is 0 Å². The molecule has 2 aromatic heterocycles. The van der Waals surface area contributed by atoms with Gasteiger partial charge in [0.15, 0.2) is 10.9 Å². The Bertz CT molecular complexity index is 1080. The van der Waals surface area contributed by atoms with E-state index in [1.54, 1.807) is 11.3 Å². The third-order valence-corrected chi connectivity index (χ3v) is 6.59. The van der Waals surface area contributed by atoms with Crippen LogP contribution in [-0.2, 0) is 24.1 Å². The molecule has 30 heavy (non-hydrogen) atoms. The molecule has 9 heteroatoms. The van der Waals surface area contributed by atoms with E-state index in [-0.39, 0.29) is 5.97 Å². The summed E-state index contributed by atoms with van der Waals surface area (Å²) in [5.74, 6) is 0.300. The van der Waals surface area contributed by atoms with Crippen LogP contribution in [-0.4, -0.2) is 28.0 Å². The van der Waals surface area contributed by atoms with E-state index in [4.69, 9.17) is 28.6 Å². The molecule has 0 saturated carbocycles. The number of carbonyl (C=O) groups excluding carboxylic acids is 1. The zero-order chi connectivity index (χ0) is 21.1. The Morgan fingerprint density at radius 1 is 1.23 bits per heavy atom. The number of rotatable bonds is 5. The molecule has 0 atom stereocenters. The minimum atomic E-state index is -0.327. The SMILES string of the molecule is COC(=O)c1c(NC(=S)Nc2ccn(Cc3ccc(Cl)cc3)n2)sc2c1CCCC2. The van der Waals surface area contributed by atoms with Gasteiger partial charge in [-0.15, -0.1) is 11.3 Å². The van der Waals surface area contributed by atoms with Gasteiger partial charge in [-0.1, -0.05) is 23.7 Å². The van der Waals surface area contributed by atoms with Crippen molar-refractivity contribution >= 4 is 57.1 Å². The summed E-state index contributed by atoms with van der Waals surface area (Å²) >= 11 is 13.0. The second kappa shape index (κ2) is 9.16. The second-order valence-corrected chi connectivity index (χ2v) is 8.96. The molecule has 0 bridgehead atoms. The van der Waals surface area contributed by atoms with Gasteiger partial charge in [0, 0.05) is 22.2 Å². The molecule has 3 aromatic rings. The van der Waals surface area contributed by atoms with Crippen molar-refractivity contribution in [2.24, 2.45) is 0 Å². The molecular formula is C21H21ClN4O2S2. The number of benzene rings is 1. The maximum atomic E-state index is 12.4. The van der Waals surface area contributed by atoms with Gasteiger partial charge in [0.25, 0.3) is 0 Å². The molecule has 4 rings (SSSR count). The number of hydrogen-bond donors (Lipinski definition) is 2. The average Bonchev–Trinajstić information content (AvgIpc) is 3.32. The highest BCUT2D eigenvalue weighted by Crippen LogP contribution is 2.38. The van der Waals surface area contributed by atoms with Crippen LogP contribution >= 0.6 is 35.2 Å². The number of anilines is 2. The molecule has 1 aromatic carbocycles. The summed E-state index contributed by atoms with van der Waals surface area (Å²) < 4.78 is 6.83. The standard InChI is InChI=1S/C21H21ClN4O2S2/c1-28-20(27)18-15-4-2-3-5-16(15)30-19(18)24-21(29)23-17-10-11-26(25-17)12-13-6-8-14(22)9-7-13/h6-11H,2-5,12H2,1H3,(H2,23,24,25,29). The van der Waals surface area contributed by atoms with Crippen molar-refractivity contribution < 1.29 is 9.53 Å². The number of hydrogen-bond acceptors (Lipinski definition) is 5. The van der Waals surface area contributed by atoms with Crippen molar-refractivity contribution in [2.45, 2.75) is 32.2 Å². The first-order valence-electron chi connectivity index (χ1n) is 9.62. The molecule has 2 heterocycles. The van der Waals surface area contributed by atoms with Crippen molar-refractivity contribution in [2.75, 3.05) is 17.7 Å². The van der Waals surface area contributed by atoms with Crippen LogP contribution in [0.2, 0.25) is 5.02 Å². The first kappa shape index (κ1) is 20.8. The largest absolute Gasteiger partial charge is 0.465 e. The fraction of sp³-hybridized carbons (Fsp3) is 0.286. The Balaban J connectivity index is 1.44. The summed E-state index contributed by atoms with van der Waals surface area (Å²) in [5, 5.41) is 12.6. The van der Waals surface area contributed by atoms with E-state index in [1.807, 2.05) is 41.2 Å². The van der Waals surface area contributed by atoms with Gasteiger partial charge in [-0.3, -0.25) is 4.68 Å². The van der Waals surface area contributed by atoms with Gasteiger partial charge in [0.1, 0.15) is 5.00 Å². The molecular weight excluding hydrogens is 440 g/mol. The highest BCUT2D eigenvalue weighted by molar-refractivity contribution is 7.80.